The highest BCUT2D eigenvalue weighted by Crippen LogP contribution is 2.26. The smallest absolute Gasteiger partial charge is 0.242 e. The highest BCUT2D eigenvalue weighted by Gasteiger charge is 2.18. The Balaban J connectivity index is 1.96. The Morgan fingerprint density at radius 2 is 1.79 bits per heavy atom. The normalized spacial score (nSPS) is 11.1. The third-order valence-corrected chi connectivity index (χ3v) is 5.84. The van der Waals surface area contributed by atoms with Crippen LogP contribution in [0.2, 0.25) is 0 Å². The Bertz CT molecular complexity index is 919. The zero-order valence-electron chi connectivity index (χ0n) is 16.4. The lowest BCUT2D eigenvalue weighted by molar-refractivity contribution is 0.315. The van der Waals surface area contributed by atoms with Crippen LogP contribution in [0.5, 0.6) is 5.75 Å². The van der Waals surface area contributed by atoms with Gasteiger partial charge in [0.2, 0.25) is 10.0 Å². The van der Waals surface area contributed by atoms with Crippen molar-refractivity contribution in [1.82, 2.24) is 4.31 Å². The summed E-state index contributed by atoms with van der Waals surface area (Å²) in [6.07, 6.45) is 0.732. The van der Waals surface area contributed by atoms with Gasteiger partial charge in [0, 0.05) is 27.2 Å². The van der Waals surface area contributed by atoms with Crippen molar-refractivity contribution in [2.24, 2.45) is 0 Å². The van der Waals surface area contributed by atoms with Gasteiger partial charge in [-0.25, -0.2) is 12.7 Å². The van der Waals surface area contributed by atoms with Crippen molar-refractivity contribution in [3.63, 3.8) is 0 Å². The number of rotatable bonds is 10. The standard InChI is InChI=1S/C20H26N4O3S/c1-4-22-19-11-10-18(28(25,26)24(2)3)14-20(19)23-12-5-13-27-17-8-6-16(15-21)7-9-17/h6-11,14,22-23H,4-5,12-13H2,1-3H3. The van der Waals surface area contributed by atoms with Crippen molar-refractivity contribution in [2.75, 3.05) is 44.4 Å². The molecule has 0 atom stereocenters. The van der Waals surface area contributed by atoms with Crippen LogP contribution < -0.4 is 15.4 Å². The third kappa shape index (κ3) is 5.62. The Hall–Kier alpha value is -2.76. The minimum Gasteiger partial charge on any atom is -0.494 e. The SMILES string of the molecule is CCNc1ccc(S(=O)(=O)N(C)C)cc1NCCCOc1ccc(C#N)cc1. The number of nitrogens with zero attached hydrogens (tertiary/aromatic N) is 2. The average molecular weight is 403 g/mol. The molecule has 0 saturated carbocycles. The Labute approximate surface area is 167 Å². The van der Waals surface area contributed by atoms with E-state index >= 15 is 0 Å². The summed E-state index contributed by atoms with van der Waals surface area (Å²) >= 11 is 0. The fourth-order valence-corrected chi connectivity index (χ4v) is 3.42. The minimum absolute atomic E-state index is 0.246. The second-order valence-corrected chi connectivity index (χ2v) is 8.44. The molecule has 8 heteroatoms. The maximum absolute atomic E-state index is 12.4. The summed E-state index contributed by atoms with van der Waals surface area (Å²) in [5.41, 5.74) is 2.19. The predicted molar refractivity (Wildman–Crippen MR) is 111 cm³/mol. The van der Waals surface area contributed by atoms with Gasteiger partial charge in [-0.05, 0) is 55.8 Å². The molecule has 0 aromatic heterocycles. The molecule has 0 saturated heterocycles. The van der Waals surface area contributed by atoms with Crippen LogP contribution in [0.3, 0.4) is 0 Å². The zero-order valence-corrected chi connectivity index (χ0v) is 17.2. The number of hydrogen-bond donors (Lipinski definition) is 2. The largest absolute Gasteiger partial charge is 0.494 e. The van der Waals surface area contributed by atoms with Crippen molar-refractivity contribution in [3.05, 3.63) is 48.0 Å². The summed E-state index contributed by atoms with van der Waals surface area (Å²) in [5, 5.41) is 15.3. The summed E-state index contributed by atoms with van der Waals surface area (Å²) in [5.74, 6) is 0.714. The first kappa shape index (κ1) is 21.5. The summed E-state index contributed by atoms with van der Waals surface area (Å²) < 4.78 is 31.6. The first-order chi connectivity index (χ1) is 13.4. The van der Waals surface area contributed by atoms with Crippen molar-refractivity contribution >= 4 is 21.4 Å². The Morgan fingerprint density at radius 3 is 2.39 bits per heavy atom. The van der Waals surface area contributed by atoms with Crippen LogP contribution in [-0.2, 0) is 10.0 Å². The Morgan fingerprint density at radius 1 is 1.07 bits per heavy atom. The van der Waals surface area contributed by atoms with Crippen LogP contribution in [0.25, 0.3) is 0 Å². The van der Waals surface area contributed by atoms with Gasteiger partial charge in [-0.15, -0.1) is 0 Å². The molecular weight excluding hydrogens is 376 g/mol. The first-order valence-corrected chi connectivity index (χ1v) is 10.5. The second-order valence-electron chi connectivity index (χ2n) is 6.29. The molecule has 0 unspecified atom stereocenters. The topological polar surface area (TPSA) is 94.5 Å². The minimum atomic E-state index is -3.49. The van der Waals surface area contributed by atoms with E-state index in [1.807, 2.05) is 6.92 Å². The van der Waals surface area contributed by atoms with Gasteiger partial charge in [-0.3, -0.25) is 0 Å². The van der Waals surface area contributed by atoms with Crippen molar-refractivity contribution in [3.8, 4) is 11.8 Å². The molecule has 0 heterocycles. The number of benzene rings is 2. The van der Waals surface area contributed by atoms with Crippen LogP contribution >= 0.6 is 0 Å². The molecule has 0 amide bonds. The lowest BCUT2D eigenvalue weighted by atomic mass is 10.2. The van der Waals surface area contributed by atoms with Crippen LogP contribution in [0.1, 0.15) is 18.9 Å². The van der Waals surface area contributed by atoms with Crippen LogP contribution in [0.15, 0.2) is 47.4 Å². The molecule has 0 radical (unpaired) electrons. The number of ether oxygens (including phenoxy) is 1. The van der Waals surface area contributed by atoms with E-state index in [2.05, 4.69) is 16.7 Å². The molecule has 2 aromatic rings. The van der Waals surface area contributed by atoms with E-state index in [0.29, 0.717) is 24.5 Å². The van der Waals surface area contributed by atoms with E-state index in [1.54, 1.807) is 42.5 Å². The van der Waals surface area contributed by atoms with E-state index in [1.165, 1.54) is 18.4 Å². The molecule has 0 aliphatic carbocycles. The summed E-state index contributed by atoms with van der Waals surface area (Å²) in [6, 6.07) is 14.1. The maximum Gasteiger partial charge on any atom is 0.242 e. The third-order valence-electron chi connectivity index (χ3n) is 4.03. The number of sulfonamides is 1. The van der Waals surface area contributed by atoms with Crippen molar-refractivity contribution in [1.29, 1.82) is 5.26 Å². The average Bonchev–Trinajstić information content (AvgIpc) is 2.69. The van der Waals surface area contributed by atoms with Gasteiger partial charge in [0.25, 0.3) is 0 Å². The van der Waals surface area contributed by atoms with E-state index in [9.17, 15) is 8.42 Å². The fraction of sp³-hybridized carbons (Fsp3) is 0.350. The number of nitrogens with one attached hydrogen (secondary N) is 2. The van der Waals surface area contributed by atoms with Crippen LogP contribution in [0.4, 0.5) is 11.4 Å². The van der Waals surface area contributed by atoms with Crippen molar-refractivity contribution in [2.45, 2.75) is 18.2 Å². The number of nitriles is 1. The van der Waals surface area contributed by atoms with E-state index in [0.717, 1.165) is 24.3 Å². The molecule has 0 spiro atoms. The molecule has 2 rings (SSSR count). The van der Waals surface area contributed by atoms with Gasteiger partial charge >= 0.3 is 0 Å². The fourth-order valence-electron chi connectivity index (χ4n) is 2.50. The molecule has 7 nitrogen and oxygen atoms in total. The molecule has 28 heavy (non-hydrogen) atoms. The van der Waals surface area contributed by atoms with E-state index in [4.69, 9.17) is 10.00 Å². The predicted octanol–water partition coefficient (Wildman–Crippen LogP) is 3.12. The molecular formula is C20H26N4O3S. The van der Waals surface area contributed by atoms with Gasteiger partial charge in [-0.2, -0.15) is 5.26 Å². The number of anilines is 2. The van der Waals surface area contributed by atoms with Crippen molar-refractivity contribution < 1.29 is 13.2 Å². The summed E-state index contributed by atoms with van der Waals surface area (Å²) in [4.78, 5) is 0.246. The van der Waals surface area contributed by atoms with Crippen LogP contribution in [-0.4, -0.2) is 46.5 Å². The lowest BCUT2D eigenvalue weighted by Crippen LogP contribution is -2.22. The lowest BCUT2D eigenvalue weighted by Gasteiger charge is -2.17. The molecule has 0 fully saturated rings. The summed E-state index contributed by atoms with van der Waals surface area (Å²) in [6.45, 7) is 3.85. The zero-order chi connectivity index (χ0) is 20.6. The molecule has 2 aromatic carbocycles. The van der Waals surface area contributed by atoms with Gasteiger partial charge in [0.05, 0.1) is 34.5 Å². The van der Waals surface area contributed by atoms with E-state index < -0.39 is 10.0 Å². The quantitative estimate of drug-likeness (QED) is 0.593. The first-order valence-electron chi connectivity index (χ1n) is 9.05. The molecule has 0 aliphatic rings. The highest BCUT2D eigenvalue weighted by atomic mass is 32.2. The van der Waals surface area contributed by atoms with Gasteiger partial charge < -0.3 is 15.4 Å². The van der Waals surface area contributed by atoms with Crippen LogP contribution in [0, 0.1) is 11.3 Å². The van der Waals surface area contributed by atoms with Gasteiger partial charge in [-0.1, -0.05) is 0 Å². The molecule has 2 N–H and O–H groups in total. The van der Waals surface area contributed by atoms with E-state index in [-0.39, 0.29) is 4.90 Å². The molecule has 0 aliphatic heterocycles. The molecule has 0 bridgehead atoms. The Kier molecular flexibility index (Phi) is 7.67. The second kappa shape index (κ2) is 9.97. The molecule has 150 valence electrons. The maximum atomic E-state index is 12.4. The van der Waals surface area contributed by atoms with Gasteiger partial charge in [0.1, 0.15) is 5.75 Å². The van der Waals surface area contributed by atoms with Gasteiger partial charge in [0.15, 0.2) is 0 Å². The highest BCUT2D eigenvalue weighted by molar-refractivity contribution is 7.89. The monoisotopic (exact) mass is 402 g/mol. The summed E-state index contributed by atoms with van der Waals surface area (Å²) in [7, 11) is -0.460. The number of hydrogen-bond acceptors (Lipinski definition) is 6.